The van der Waals surface area contributed by atoms with Gasteiger partial charge in [0.15, 0.2) is 5.82 Å². The van der Waals surface area contributed by atoms with Crippen LogP contribution in [0.3, 0.4) is 0 Å². The number of amides is 1. The van der Waals surface area contributed by atoms with Gasteiger partial charge in [0.2, 0.25) is 0 Å². The standard InChI is InChI=1S/C15H14N4O/c1-11-4-5-13(9-12(11)3-2-6-16)15(20)19-14-10-17-7-8-18-14/h4-5,7-10H,6,16H2,1H3,(H,18,19,20). The van der Waals surface area contributed by atoms with Crippen LogP contribution in [0.4, 0.5) is 5.82 Å². The average molecular weight is 266 g/mol. The van der Waals surface area contributed by atoms with Crippen LogP contribution < -0.4 is 11.1 Å². The van der Waals surface area contributed by atoms with E-state index in [9.17, 15) is 4.79 Å². The lowest BCUT2D eigenvalue weighted by atomic mass is 10.0. The molecule has 0 fully saturated rings. The molecule has 0 saturated carbocycles. The Morgan fingerprint density at radius 1 is 1.40 bits per heavy atom. The number of hydrogen-bond acceptors (Lipinski definition) is 4. The van der Waals surface area contributed by atoms with Crippen molar-refractivity contribution in [3.05, 3.63) is 53.5 Å². The Bertz CT molecular complexity index is 671. The molecular formula is C15H14N4O. The van der Waals surface area contributed by atoms with Gasteiger partial charge in [-0.3, -0.25) is 9.78 Å². The van der Waals surface area contributed by atoms with E-state index in [1.807, 2.05) is 13.0 Å². The fourth-order valence-electron chi connectivity index (χ4n) is 1.60. The minimum absolute atomic E-state index is 0.249. The quantitative estimate of drug-likeness (QED) is 0.804. The third-order valence-corrected chi connectivity index (χ3v) is 2.63. The van der Waals surface area contributed by atoms with Crippen molar-refractivity contribution in [3.8, 4) is 11.8 Å². The van der Waals surface area contributed by atoms with Gasteiger partial charge in [0, 0.05) is 23.5 Å². The van der Waals surface area contributed by atoms with Gasteiger partial charge in [0.05, 0.1) is 12.7 Å². The van der Waals surface area contributed by atoms with E-state index in [2.05, 4.69) is 27.1 Å². The second-order valence-electron chi connectivity index (χ2n) is 4.08. The molecule has 0 unspecified atom stereocenters. The van der Waals surface area contributed by atoms with Crippen molar-refractivity contribution in [1.82, 2.24) is 9.97 Å². The summed E-state index contributed by atoms with van der Waals surface area (Å²) in [5.41, 5.74) is 7.67. The van der Waals surface area contributed by atoms with Gasteiger partial charge in [-0.2, -0.15) is 0 Å². The summed E-state index contributed by atoms with van der Waals surface area (Å²) >= 11 is 0. The van der Waals surface area contributed by atoms with Crippen LogP contribution in [0.5, 0.6) is 0 Å². The molecule has 0 bridgehead atoms. The van der Waals surface area contributed by atoms with E-state index in [1.54, 1.807) is 18.3 Å². The van der Waals surface area contributed by atoms with E-state index in [-0.39, 0.29) is 12.5 Å². The zero-order valence-corrected chi connectivity index (χ0v) is 11.1. The molecular weight excluding hydrogens is 252 g/mol. The molecule has 1 amide bonds. The minimum atomic E-state index is -0.249. The monoisotopic (exact) mass is 266 g/mol. The fraction of sp³-hybridized carbons (Fsp3) is 0.133. The van der Waals surface area contributed by atoms with Gasteiger partial charge < -0.3 is 11.1 Å². The van der Waals surface area contributed by atoms with Crippen molar-refractivity contribution < 1.29 is 4.79 Å². The van der Waals surface area contributed by atoms with Crippen molar-refractivity contribution in [2.24, 2.45) is 5.73 Å². The SMILES string of the molecule is Cc1ccc(C(=O)Nc2cnccn2)cc1C#CCN. The maximum absolute atomic E-state index is 12.1. The van der Waals surface area contributed by atoms with Crippen molar-refractivity contribution in [2.75, 3.05) is 11.9 Å². The smallest absolute Gasteiger partial charge is 0.256 e. The van der Waals surface area contributed by atoms with Gasteiger partial charge >= 0.3 is 0 Å². The summed E-state index contributed by atoms with van der Waals surface area (Å²) in [6.45, 7) is 2.22. The van der Waals surface area contributed by atoms with Crippen LogP contribution in [0, 0.1) is 18.8 Å². The average Bonchev–Trinajstić information content (AvgIpc) is 2.47. The van der Waals surface area contributed by atoms with Gasteiger partial charge in [-0.25, -0.2) is 4.98 Å². The van der Waals surface area contributed by atoms with E-state index in [0.717, 1.165) is 11.1 Å². The van der Waals surface area contributed by atoms with E-state index in [1.165, 1.54) is 12.4 Å². The first-order chi connectivity index (χ1) is 9.70. The maximum Gasteiger partial charge on any atom is 0.256 e. The Hall–Kier alpha value is -2.71. The van der Waals surface area contributed by atoms with Crippen LogP contribution in [0.2, 0.25) is 0 Å². The van der Waals surface area contributed by atoms with Crippen LogP contribution in [-0.4, -0.2) is 22.4 Å². The zero-order chi connectivity index (χ0) is 14.4. The van der Waals surface area contributed by atoms with Gasteiger partial charge in [0.25, 0.3) is 5.91 Å². The predicted molar refractivity (Wildman–Crippen MR) is 77.1 cm³/mol. The van der Waals surface area contributed by atoms with Crippen molar-refractivity contribution in [3.63, 3.8) is 0 Å². The molecule has 0 atom stereocenters. The minimum Gasteiger partial charge on any atom is -0.320 e. The van der Waals surface area contributed by atoms with Crippen LogP contribution >= 0.6 is 0 Å². The Labute approximate surface area is 117 Å². The summed E-state index contributed by atoms with van der Waals surface area (Å²) in [6, 6.07) is 5.34. The zero-order valence-electron chi connectivity index (χ0n) is 11.1. The molecule has 1 aromatic heterocycles. The molecule has 0 aliphatic rings. The highest BCUT2D eigenvalue weighted by molar-refractivity contribution is 6.03. The molecule has 5 nitrogen and oxygen atoms in total. The number of aromatic nitrogens is 2. The summed E-state index contributed by atoms with van der Waals surface area (Å²) in [4.78, 5) is 20.0. The van der Waals surface area contributed by atoms with E-state index in [0.29, 0.717) is 11.4 Å². The Balaban J connectivity index is 2.22. The van der Waals surface area contributed by atoms with Crippen LogP contribution in [0.25, 0.3) is 0 Å². The number of carbonyl (C=O) groups is 1. The number of rotatable bonds is 2. The second-order valence-corrected chi connectivity index (χ2v) is 4.08. The third kappa shape index (κ3) is 3.40. The first-order valence-corrected chi connectivity index (χ1v) is 6.07. The first-order valence-electron chi connectivity index (χ1n) is 6.07. The fourth-order valence-corrected chi connectivity index (χ4v) is 1.60. The maximum atomic E-state index is 12.1. The molecule has 0 aliphatic heterocycles. The molecule has 3 N–H and O–H groups in total. The van der Waals surface area contributed by atoms with Gasteiger partial charge in [0.1, 0.15) is 0 Å². The molecule has 2 rings (SSSR count). The molecule has 1 aromatic carbocycles. The largest absolute Gasteiger partial charge is 0.320 e. The summed E-state index contributed by atoms with van der Waals surface area (Å²) in [7, 11) is 0. The molecule has 0 saturated heterocycles. The number of carbonyl (C=O) groups excluding carboxylic acids is 1. The molecule has 0 spiro atoms. The number of benzene rings is 1. The van der Waals surface area contributed by atoms with E-state index < -0.39 is 0 Å². The predicted octanol–water partition coefficient (Wildman–Crippen LogP) is 1.35. The second kappa shape index (κ2) is 6.45. The van der Waals surface area contributed by atoms with Crippen molar-refractivity contribution >= 4 is 11.7 Å². The lowest BCUT2D eigenvalue weighted by Gasteiger charge is -2.05. The van der Waals surface area contributed by atoms with E-state index in [4.69, 9.17) is 5.73 Å². The van der Waals surface area contributed by atoms with Crippen LogP contribution in [-0.2, 0) is 0 Å². The van der Waals surface area contributed by atoms with Gasteiger partial charge in [-0.05, 0) is 24.6 Å². The lowest BCUT2D eigenvalue weighted by molar-refractivity contribution is 0.102. The third-order valence-electron chi connectivity index (χ3n) is 2.63. The van der Waals surface area contributed by atoms with Crippen molar-refractivity contribution in [1.29, 1.82) is 0 Å². The number of aryl methyl sites for hydroxylation is 1. The normalized spacial score (nSPS) is 9.50. The molecule has 1 heterocycles. The Morgan fingerprint density at radius 2 is 2.25 bits per heavy atom. The molecule has 2 aromatic rings. The Morgan fingerprint density at radius 3 is 2.95 bits per heavy atom. The number of hydrogen-bond donors (Lipinski definition) is 2. The van der Waals surface area contributed by atoms with Gasteiger partial charge in [-0.1, -0.05) is 17.9 Å². The number of anilines is 1. The molecule has 5 heteroatoms. The molecule has 20 heavy (non-hydrogen) atoms. The highest BCUT2D eigenvalue weighted by Crippen LogP contribution is 2.11. The first kappa shape index (κ1) is 13.7. The van der Waals surface area contributed by atoms with E-state index >= 15 is 0 Å². The van der Waals surface area contributed by atoms with Gasteiger partial charge in [-0.15, -0.1) is 0 Å². The molecule has 100 valence electrons. The van der Waals surface area contributed by atoms with Crippen LogP contribution in [0.1, 0.15) is 21.5 Å². The highest BCUT2D eigenvalue weighted by atomic mass is 16.1. The summed E-state index contributed by atoms with van der Waals surface area (Å²) in [5.74, 6) is 5.89. The Kier molecular flexibility index (Phi) is 4.43. The number of nitrogens with two attached hydrogens (primary N) is 1. The number of nitrogens with zero attached hydrogens (tertiary/aromatic N) is 2. The lowest BCUT2D eigenvalue weighted by Crippen LogP contribution is -2.13. The van der Waals surface area contributed by atoms with Crippen LogP contribution in [0.15, 0.2) is 36.8 Å². The van der Waals surface area contributed by atoms with Crippen molar-refractivity contribution in [2.45, 2.75) is 6.92 Å². The summed E-state index contributed by atoms with van der Waals surface area (Å²) in [5, 5.41) is 2.68. The molecule has 0 aliphatic carbocycles. The number of nitrogens with one attached hydrogen (secondary N) is 1. The summed E-state index contributed by atoms with van der Waals surface area (Å²) in [6.07, 6.45) is 4.55. The summed E-state index contributed by atoms with van der Waals surface area (Å²) < 4.78 is 0. The highest BCUT2D eigenvalue weighted by Gasteiger charge is 2.08. The molecule has 0 radical (unpaired) electrons. The topological polar surface area (TPSA) is 80.9 Å².